The maximum absolute atomic E-state index is 12.5. The van der Waals surface area contributed by atoms with E-state index in [1.165, 1.54) is 18.7 Å². The molecule has 0 fully saturated rings. The van der Waals surface area contributed by atoms with Gasteiger partial charge in [-0.1, -0.05) is 36.0 Å². The minimum atomic E-state index is -0.0249. The number of fused-ring (bicyclic) bond motifs is 1. The first-order valence-corrected chi connectivity index (χ1v) is 8.68. The largest absolute Gasteiger partial charge is 0.355 e. The Morgan fingerprint density at radius 2 is 1.88 bits per heavy atom. The van der Waals surface area contributed by atoms with Gasteiger partial charge in [0.1, 0.15) is 0 Å². The second kappa shape index (κ2) is 6.61. The van der Waals surface area contributed by atoms with Gasteiger partial charge in [-0.3, -0.25) is 9.59 Å². The number of aromatic amines is 1. The summed E-state index contributed by atoms with van der Waals surface area (Å²) in [6, 6.07) is 11.8. The highest BCUT2D eigenvalue weighted by Gasteiger charge is 2.19. The van der Waals surface area contributed by atoms with E-state index in [9.17, 15) is 9.59 Å². The van der Waals surface area contributed by atoms with Crippen LogP contribution in [0.1, 0.15) is 39.0 Å². The van der Waals surface area contributed by atoms with Crippen molar-refractivity contribution in [1.29, 1.82) is 0 Å². The third-order valence-corrected chi connectivity index (χ3v) is 4.92. The molecule has 0 atom stereocenters. The zero-order valence-electron chi connectivity index (χ0n) is 13.8. The quantitative estimate of drug-likeness (QED) is 0.555. The molecule has 3 aromatic rings. The summed E-state index contributed by atoms with van der Waals surface area (Å²) in [5.41, 5.74) is 3.54. The standard InChI is InChI=1S/C19H18N2O2S/c1-11-18(13(3)22)12(2)20-19(11)16(23)10-24-17-9-8-14-6-4-5-7-15(14)21-17/h4-9,20H,10H2,1-3H3. The lowest BCUT2D eigenvalue weighted by molar-refractivity contribution is 0.101. The smallest absolute Gasteiger partial charge is 0.189 e. The molecule has 0 saturated heterocycles. The number of thioether (sulfide) groups is 1. The van der Waals surface area contributed by atoms with E-state index in [-0.39, 0.29) is 17.3 Å². The summed E-state index contributed by atoms with van der Waals surface area (Å²) in [6.07, 6.45) is 0. The normalized spacial score (nSPS) is 11.0. The van der Waals surface area contributed by atoms with Crippen molar-refractivity contribution in [3.63, 3.8) is 0 Å². The Morgan fingerprint density at radius 1 is 1.12 bits per heavy atom. The molecule has 1 aromatic carbocycles. The molecule has 24 heavy (non-hydrogen) atoms. The number of aromatic nitrogens is 2. The summed E-state index contributed by atoms with van der Waals surface area (Å²) in [5.74, 6) is 0.232. The van der Waals surface area contributed by atoms with E-state index >= 15 is 0 Å². The SMILES string of the molecule is CC(=O)c1c(C)[nH]c(C(=O)CSc2ccc3ccccc3n2)c1C. The third-order valence-electron chi connectivity index (χ3n) is 3.99. The Bertz CT molecular complexity index is 944. The molecular weight excluding hydrogens is 320 g/mol. The van der Waals surface area contributed by atoms with Gasteiger partial charge in [0.05, 0.1) is 22.0 Å². The van der Waals surface area contributed by atoms with Gasteiger partial charge >= 0.3 is 0 Å². The Hall–Kier alpha value is -2.40. The number of aryl methyl sites for hydroxylation is 1. The molecule has 0 saturated carbocycles. The number of pyridine rings is 1. The fourth-order valence-electron chi connectivity index (χ4n) is 2.90. The summed E-state index contributed by atoms with van der Waals surface area (Å²) in [5, 5.41) is 1.89. The van der Waals surface area contributed by atoms with Crippen LogP contribution in [0, 0.1) is 13.8 Å². The number of H-pyrrole nitrogens is 1. The van der Waals surface area contributed by atoms with Crippen LogP contribution in [0.5, 0.6) is 0 Å². The molecule has 4 nitrogen and oxygen atoms in total. The van der Waals surface area contributed by atoms with E-state index in [1.807, 2.05) is 50.2 Å². The van der Waals surface area contributed by atoms with Gasteiger partial charge in [0.2, 0.25) is 0 Å². The summed E-state index contributed by atoms with van der Waals surface area (Å²) in [4.78, 5) is 31.8. The maximum atomic E-state index is 12.5. The van der Waals surface area contributed by atoms with Gasteiger partial charge in [0.25, 0.3) is 0 Å². The van der Waals surface area contributed by atoms with Crippen molar-refractivity contribution in [2.45, 2.75) is 25.8 Å². The number of hydrogen-bond acceptors (Lipinski definition) is 4. The second-order valence-corrected chi connectivity index (χ2v) is 6.73. The minimum Gasteiger partial charge on any atom is -0.355 e. The van der Waals surface area contributed by atoms with Gasteiger partial charge in [0.15, 0.2) is 11.6 Å². The Labute approximate surface area is 144 Å². The van der Waals surface area contributed by atoms with Gasteiger partial charge < -0.3 is 4.98 Å². The molecule has 0 aliphatic rings. The molecule has 3 rings (SSSR count). The predicted molar refractivity (Wildman–Crippen MR) is 97.1 cm³/mol. The number of ketones is 2. The van der Waals surface area contributed by atoms with E-state index in [4.69, 9.17) is 0 Å². The van der Waals surface area contributed by atoms with Crippen molar-refractivity contribution in [3.05, 3.63) is 58.9 Å². The van der Waals surface area contributed by atoms with Gasteiger partial charge in [-0.15, -0.1) is 0 Å². The summed E-state index contributed by atoms with van der Waals surface area (Å²) in [7, 11) is 0. The molecule has 2 aromatic heterocycles. The van der Waals surface area contributed by atoms with Crippen molar-refractivity contribution in [3.8, 4) is 0 Å². The summed E-state index contributed by atoms with van der Waals surface area (Å²) < 4.78 is 0. The van der Waals surface area contributed by atoms with Gasteiger partial charge in [-0.2, -0.15) is 0 Å². The molecule has 0 aliphatic carbocycles. The molecule has 0 amide bonds. The molecule has 0 radical (unpaired) electrons. The number of hydrogen-bond donors (Lipinski definition) is 1. The zero-order valence-corrected chi connectivity index (χ0v) is 14.7. The highest BCUT2D eigenvalue weighted by molar-refractivity contribution is 7.99. The van der Waals surface area contributed by atoms with E-state index in [0.29, 0.717) is 11.3 Å². The fourth-order valence-corrected chi connectivity index (χ4v) is 3.65. The van der Waals surface area contributed by atoms with Crippen LogP contribution in [0.4, 0.5) is 0 Å². The number of para-hydroxylation sites is 1. The first kappa shape index (κ1) is 16.5. The first-order valence-electron chi connectivity index (χ1n) is 7.69. The average molecular weight is 338 g/mol. The lowest BCUT2D eigenvalue weighted by Gasteiger charge is -2.03. The Balaban J connectivity index is 1.77. The van der Waals surface area contributed by atoms with Crippen LogP contribution in [0.25, 0.3) is 10.9 Å². The number of carbonyl (C=O) groups excluding carboxylic acids is 2. The molecule has 122 valence electrons. The number of Topliss-reactive ketones (excluding diaryl/α,β-unsaturated/α-hetero) is 2. The van der Waals surface area contributed by atoms with Crippen molar-refractivity contribution >= 4 is 34.2 Å². The summed E-state index contributed by atoms with van der Waals surface area (Å²) in [6.45, 7) is 5.15. The summed E-state index contributed by atoms with van der Waals surface area (Å²) >= 11 is 1.40. The second-order valence-electron chi connectivity index (χ2n) is 5.74. The molecular formula is C19H18N2O2S. The van der Waals surface area contributed by atoms with Gasteiger partial charge in [-0.05, 0) is 38.5 Å². The van der Waals surface area contributed by atoms with Crippen LogP contribution >= 0.6 is 11.8 Å². The topological polar surface area (TPSA) is 62.8 Å². The van der Waals surface area contributed by atoms with Crippen LogP contribution in [0.2, 0.25) is 0 Å². The Morgan fingerprint density at radius 3 is 2.58 bits per heavy atom. The monoisotopic (exact) mass is 338 g/mol. The van der Waals surface area contributed by atoms with Crippen molar-refractivity contribution in [2.75, 3.05) is 5.75 Å². The lowest BCUT2D eigenvalue weighted by Crippen LogP contribution is -2.05. The highest BCUT2D eigenvalue weighted by atomic mass is 32.2. The van der Waals surface area contributed by atoms with E-state index in [1.54, 1.807) is 0 Å². The van der Waals surface area contributed by atoms with E-state index in [0.717, 1.165) is 27.2 Å². The van der Waals surface area contributed by atoms with Crippen molar-refractivity contribution < 1.29 is 9.59 Å². The van der Waals surface area contributed by atoms with E-state index in [2.05, 4.69) is 9.97 Å². The number of rotatable bonds is 5. The first-order chi connectivity index (χ1) is 11.5. The Kier molecular flexibility index (Phi) is 4.53. The third kappa shape index (κ3) is 3.12. The molecule has 2 heterocycles. The predicted octanol–water partition coefficient (Wildman–Crippen LogP) is 4.36. The van der Waals surface area contributed by atoms with Crippen molar-refractivity contribution in [2.24, 2.45) is 0 Å². The molecule has 0 bridgehead atoms. The van der Waals surface area contributed by atoms with Crippen molar-refractivity contribution in [1.82, 2.24) is 9.97 Å². The van der Waals surface area contributed by atoms with Crippen LogP contribution in [0.3, 0.4) is 0 Å². The van der Waals surface area contributed by atoms with Gasteiger partial charge in [0, 0.05) is 16.6 Å². The average Bonchev–Trinajstić information content (AvgIpc) is 2.87. The molecule has 0 aliphatic heterocycles. The van der Waals surface area contributed by atoms with Crippen LogP contribution in [-0.2, 0) is 0 Å². The number of nitrogens with one attached hydrogen (secondary N) is 1. The molecule has 0 unspecified atom stereocenters. The number of carbonyl (C=O) groups is 2. The zero-order chi connectivity index (χ0) is 17.3. The minimum absolute atomic E-state index is 0.0239. The lowest BCUT2D eigenvalue weighted by atomic mass is 10.1. The number of benzene rings is 1. The fraction of sp³-hybridized carbons (Fsp3) is 0.211. The van der Waals surface area contributed by atoms with Crippen LogP contribution < -0.4 is 0 Å². The number of nitrogens with zero attached hydrogens (tertiary/aromatic N) is 1. The van der Waals surface area contributed by atoms with Crippen LogP contribution in [-0.4, -0.2) is 27.3 Å². The highest BCUT2D eigenvalue weighted by Crippen LogP contribution is 2.23. The van der Waals surface area contributed by atoms with Crippen LogP contribution in [0.15, 0.2) is 41.4 Å². The molecule has 0 spiro atoms. The maximum Gasteiger partial charge on any atom is 0.189 e. The van der Waals surface area contributed by atoms with Gasteiger partial charge in [-0.25, -0.2) is 4.98 Å². The molecule has 5 heteroatoms. The van der Waals surface area contributed by atoms with E-state index < -0.39 is 0 Å². The molecule has 1 N–H and O–H groups in total.